The highest BCUT2D eigenvalue weighted by Crippen LogP contribution is 2.25. The van der Waals surface area contributed by atoms with Gasteiger partial charge in [0.1, 0.15) is 0 Å². The van der Waals surface area contributed by atoms with Crippen LogP contribution in [0.4, 0.5) is 22.1 Å². The number of carbonyl (C=O) groups excluding carboxylic acids is 1. The molecule has 0 atom stereocenters. The number of pyridine rings is 1. The summed E-state index contributed by atoms with van der Waals surface area (Å²) in [7, 11) is 0. The maximum Gasteiger partial charge on any atom is 0.326 e. The van der Waals surface area contributed by atoms with E-state index in [0.717, 1.165) is 22.3 Å². The molecule has 4 aromatic rings. The molecule has 4 rings (SSSR count). The highest BCUT2D eigenvalue weighted by atomic mass is 35.5. The van der Waals surface area contributed by atoms with Crippen molar-refractivity contribution in [3.63, 3.8) is 0 Å². The number of hydrogen-bond acceptors (Lipinski definition) is 5. The van der Waals surface area contributed by atoms with Crippen molar-refractivity contribution in [3.8, 4) is 0 Å². The van der Waals surface area contributed by atoms with E-state index in [4.69, 9.17) is 23.2 Å². The quantitative estimate of drug-likeness (QED) is 0.251. The normalized spacial score (nSPS) is 11.3. The molecule has 0 aliphatic rings. The van der Waals surface area contributed by atoms with Crippen LogP contribution in [0, 0.1) is 13.8 Å². The Morgan fingerprint density at radius 3 is 2.39 bits per heavy atom. The third kappa shape index (κ3) is 5.94. The van der Waals surface area contributed by atoms with Gasteiger partial charge in [0, 0.05) is 22.5 Å². The number of aryl methyl sites for hydroxylation is 2. The lowest BCUT2D eigenvalue weighted by atomic mass is 10.2. The highest BCUT2D eigenvalue weighted by Gasteiger charge is 2.11. The predicted molar refractivity (Wildman–Crippen MR) is 133 cm³/mol. The number of rotatable bonds is 3. The van der Waals surface area contributed by atoms with Gasteiger partial charge in [-0.3, -0.25) is 10.3 Å². The smallest absolute Gasteiger partial charge is 0.324 e. The second-order valence-electron chi connectivity index (χ2n) is 7.16. The van der Waals surface area contributed by atoms with Crippen molar-refractivity contribution in [2.24, 2.45) is 4.99 Å². The van der Waals surface area contributed by atoms with Crippen LogP contribution in [0.15, 0.2) is 65.8 Å². The first kappa shape index (κ1) is 22.4. The van der Waals surface area contributed by atoms with Gasteiger partial charge in [0.15, 0.2) is 0 Å². The molecule has 0 spiro atoms. The maximum atomic E-state index is 12.7. The Hall–Kier alpha value is -3.75. The van der Waals surface area contributed by atoms with Crippen molar-refractivity contribution in [2.75, 3.05) is 10.6 Å². The number of guanidine groups is 1. The third-order valence-electron chi connectivity index (χ3n) is 4.44. The molecule has 10 heteroatoms. The van der Waals surface area contributed by atoms with Crippen molar-refractivity contribution in [3.05, 3.63) is 82.2 Å². The number of benzene rings is 2. The Labute approximate surface area is 200 Å². The Bertz CT molecular complexity index is 1350. The number of anilines is 2. The van der Waals surface area contributed by atoms with E-state index < -0.39 is 6.03 Å². The Balaban J connectivity index is 1.61. The van der Waals surface area contributed by atoms with Crippen LogP contribution in [0.1, 0.15) is 11.4 Å². The second kappa shape index (κ2) is 9.81. The summed E-state index contributed by atoms with van der Waals surface area (Å²) in [6.07, 6.45) is 1.65. The van der Waals surface area contributed by atoms with Gasteiger partial charge in [0.25, 0.3) is 5.95 Å². The van der Waals surface area contributed by atoms with Crippen molar-refractivity contribution in [1.82, 2.24) is 20.3 Å². The molecule has 0 aliphatic carbocycles. The Morgan fingerprint density at radius 2 is 1.64 bits per heavy atom. The number of amides is 2. The molecule has 0 unspecified atom stereocenters. The molecular formula is C23H19Cl2N7O. The largest absolute Gasteiger partial charge is 0.326 e. The average molecular weight is 480 g/mol. The lowest BCUT2D eigenvalue weighted by Crippen LogP contribution is -2.38. The zero-order valence-corrected chi connectivity index (χ0v) is 19.2. The number of aliphatic imine (C=N–C) groups is 1. The van der Waals surface area contributed by atoms with Crippen LogP contribution in [0.5, 0.6) is 0 Å². The molecule has 2 aromatic carbocycles. The summed E-state index contributed by atoms with van der Waals surface area (Å²) in [6.45, 7) is 3.69. The van der Waals surface area contributed by atoms with Crippen molar-refractivity contribution in [2.45, 2.75) is 13.8 Å². The molecule has 0 bridgehead atoms. The van der Waals surface area contributed by atoms with Gasteiger partial charge in [-0.1, -0.05) is 41.4 Å². The molecule has 2 heterocycles. The molecule has 166 valence electrons. The molecule has 2 amide bonds. The van der Waals surface area contributed by atoms with Crippen LogP contribution in [0.2, 0.25) is 10.0 Å². The summed E-state index contributed by atoms with van der Waals surface area (Å²) in [5.41, 5.74) is 3.47. The van der Waals surface area contributed by atoms with E-state index in [2.05, 4.69) is 35.9 Å². The van der Waals surface area contributed by atoms with E-state index in [0.29, 0.717) is 21.4 Å². The maximum absolute atomic E-state index is 12.7. The first-order valence-electron chi connectivity index (χ1n) is 9.91. The van der Waals surface area contributed by atoms with Gasteiger partial charge in [-0.15, -0.1) is 0 Å². The number of aromatic nitrogens is 3. The first-order valence-corrected chi connectivity index (χ1v) is 10.7. The Morgan fingerprint density at radius 1 is 0.879 bits per heavy atom. The minimum atomic E-state index is -0.544. The summed E-state index contributed by atoms with van der Waals surface area (Å²) in [4.78, 5) is 30.1. The fraction of sp³-hybridized carbons (Fsp3) is 0.0870. The predicted octanol–water partition coefficient (Wildman–Crippen LogP) is 5.87. The standard InChI is InChI=1S/C23H19Cl2N7O/c1-13-9-14(2)28-21(27-13)31-22(29-17-10-15-5-3-4-6-20(15)26-12-17)32-23(33)30-16-7-8-18(24)19(25)11-16/h3-12H,1-2H3,(H3,27,28,29,30,31,32,33). The van der Waals surface area contributed by atoms with Gasteiger partial charge < -0.3 is 10.6 Å². The number of halogens is 2. The number of para-hydroxylation sites is 1. The highest BCUT2D eigenvalue weighted by molar-refractivity contribution is 6.42. The fourth-order valence-electron chi connectivity index (χ4n) is 3.06. The molecule has 0 saturated heterocycles. The van der Waals surface area contributed by atoms with Gasteiger partial charge in [-0.05, 0) is 50.2 Å². The zero-order chi connectivity index (χ0) is 23.4. The SMILES string of the molecule is Cc1cc(C)nc(/N=C(/NC(=O)Nc2ccc(Cl)c(Cl)c2)Nc2cnc3ccccc3c2)n1. The minimum Gasteiger partial charge on any atom is -0.324 e. The zero-order valence-electron chi connectivity index (χ0n) is 17.7. The van der Waals surface area contributed by atoms with Gasteiger partial charge in [-0.25, -0.2) is 14.8 Å². The molecule has 8 nitrogen and oxygen atoms in total. The van der Waals surface area contributed by atoms with Crippen molar-refractivity contribution < 1.29 is 4.79 Å². The topological polar surface area (TPSA) is 104 Å². The summed E-state index contributed by atoms with van der Waals surface area (Å²) < 4.78 is 0. The molecular weight excluding hydrogens is 461 g/mol. The molecule has 0 radical (unpaired) electrons. The van der Waals surface area contributed by atoms with Crippen molar-refractivity contribution in [1.29, 1.82) is 0 Å². The number of nitrogens with one attached hydrogen (secondary N) is 3. The van der Waals surface area contributed by atoms with Crippen LogP contribution in [0.3, 0.4) is 0 Å². The van der Waals surface area contributed by atoms with Crippen LogP contribution in [0.25, 0.3) is 10.9 Å². The van der Waals surface area contributed by atoms with E-state index in [9.17, 15) is 4.79 Å². The number of urea groups is 1. The molecule has 3 N–H and O–H groups in total. The molecule has 2 aromatic heterocycles. The lowest BCUT2D eigenvalue weighted by Gasteiger charge is -2.13. The summed E-state index contributed by atoms with van der Waals surface area (Å²) in [5.74, 6) is 0.327. The monoisotopic (exact) mass is 479 g/mol. The number of nitrogens with zero attached hydrogens (tertiary/aromatic N) is 4. The Kier molecular flexibility index (Phi) is 6.67. The molecule has 0 fully saturated rings. The third-order valence-corrected chi connectivity index (χ3v) is 5.18. The van der Waals surface area contributed by atoms with E-state index in [1.165, 1.54) is 0 Å². The van der Waals surface area contributed by atoms with Gasteiger partial charge in [-0.2, -0.15) is 4.99 Å². The summed E-state index contributed by atoms with van der Waals surface area (Å²) >= 11 is 12.0. The van der Waals surface area contributed by atoms with E-state index in [1.54, 1.807) is 24.4 Å². The van der Waals surface area contributed by atoms with Crippen molar-refractivity contribution >= 4 is 63.4 Å². The van der Waals surface area contributed by atoms with Crippen LogP contribution in [-0.4, -0.2) is 26.9 Å². The number of hydrogen-bond donors (Lipinski definition) is 3. The van der Waals surface area contributed by atoms with E-state index >= 15 is 0 Å². The number of fused-ring (bicyclic) bond motifs is 1. The molecule has 33 heavy (non-hydrogen) atoms. The van der Waals surface area contributed by atoms with Gasteiger partial charge in [0.05, 0.1) is 27.4 Å². The molecule has 0 saturated carbocycles. The van der Waals surface area contributed by atoms with Gasteiger partial charge >= 0.3 is 6.03 Å². The van der Waals surface area contributed by atoms with Crippen LogP contribution in [-0.2, 0) is 0 Å². The van der Waals surface area contributed by atoms with Crippen LogP contribution >= 0.6 is 23.2 Å². The van der Waals surface area contributed by atoms with Gasteiger partial charge in [0.2, 0.25) is 5.96 Å². The molecule has 0 aliphatic heterocycles. The average Bonchev–Trinajstić information content (AvgIpc) is 2.75. The first-order chi connectivity index (χ1) is 15.9. The van der Waals surface area contributed by atoms with Crippen LogP contribution < -0.4 is 16.0 Å². The van der Waals surface area contributed by atoms with E-state index in [-0.39, 0.29) is 11.9 Å². The fourth-order valence-corrected chi connectivity index (χ4v) is 3.36. The second-order valence-corrected chi connectivity index (χ2v) is 7.98. The summed E-state index contributed by atoms with van der Waals surface area (Å²) in [6, 6.07) is 15.7. The minimum absolute atomic E-state index is 0.120. The van der Waals surface area contributed by atoms with E-state index in [1.807, 2.05) is 50.2 Å². The summed E-state index contributed by atoms with van der Waals surface area (Å²) in [5, 5.41) is 10.1. The lowest BCUT2D eigenvalue weighted by molar-refractivity contribution is 0.256. The number of carbonyl (C=O) groups is 1.